The molecule has 0 saturated carbocycles. The predicted octanol–water partition coefficient (Wildman–Crippen LogP) is 1.80. The summed E-state index contributed by atoms with van der Waals surface area (Å²) >= 11 is 0. The van der Waals surface area contributed by atoms with E-state index in [1.54, 1.807) is 4.90 Å². The molecule has 0 radical (unpaired) electrons. The number of unbranched alkanes of at least 4 members (excludes halogenated alkanes) is 1. The van der Waals surface area contributed by atoms with Gasteiger partial charge in [0.2, 0.25) is 11.8 Å². The fourth-order valence-electron chi connectivity index (χ4n) is 2.12. The lowest BCUT2D eigenvalue weighted by Crippen LogP contribution is -2.39. The van der Waals surface area contributed by atoms with Gasteiger partial charge in [-0.05, 0) is 25.3 Å². The minimum Gasteiger partial charge on any atom is -0.481 e. The smallest absolute Gasteiger partial charge is 0.303 e. The zero-order valence-corrected chi connectivity index (χ0v) is 13.5. The number of hydrogen-bond acceptors (Lipinski definition) is 3. The highest BCUT2D eigenvalue weighted by Crippen LogP contribution is 2.04. The Morgan fingerprint density at radius 3 is 2.35 bits per heavy atom. The van der Waals surface area contributed by atoms with Crippen molar-refractivity contribution in [3.8, 4) is 0 Å². The summed E-state index contributed by atoms with van der Waals surface area (Å²) in [6.07, 6.45) is 1.28. The lowest BCUT2D eigenvalue weighted by Gasteiger charge is -2.21. The van der Waals surface area contributed by atoms with Crippen molar-refractivity contribution in [2.24, 2.45) is 0 Å². The lowest BCUT2D eigenvalue weighted by molar-refractivity contribution is -0.137. The molecule has 1 aromatic carbocycles. The highest BCUT2D eigenvalue weighted by atomic mass is 16.4. The molecule has 6 nitrogen and oxygen atoms in total. The largest absolute Gasteiger partial charge is 0.481 e. The number of amides is 2. The average Bonchev–Trinajstić information content (AvgIpc) is 2.55. The van der Waals surface area contributed by atoms with E-state index in [2.05, 4.69) is 5.32 Å². The van der Waals surface area contributed by atoms with Crippen molar-refractivity contribution in [2.45, 2.75) is 39.2 Å². The number of nitrogens with one attached hydrogen (secondary N) is 1. The molecule has 23 heavy (non-hydrogen) atoms. The van der Waals surface area contributed by atoms with E-state index in [-0.39, 0.29) is 31.2 Å². The van der Waals surface area contributed by atoms with Crippen LogP contribution in [0.25, 0.3) is 0 Å². The van der Waals surface area contributed by atoms with Gasteiger partial charge >= 0.3 is 5.97 Å². The molecule has 2 N–H and O–H groups in total. The summed E-state index contributed by atoms with van der Waals surface area (Å²) in [4.78, 5) is 35.8. The van der Waals surface area contributed by atoms with Crippen LogP contribution in [-0.2, 0) is 20.9 Å². The van der Waals surface area contributed by atoms with E-state index >= 15 is 0 Å². The molecule has 126 valence electrons. The Labute approximate surface area is 136 Å². The van der Waals surface area contributed by atoms with E-state index in [4.69, 9.17) is 5.11 Å². The second kappa shape index (κ2) is 10.4. The van der Waals surface area contributed by atoms with Gasteiger partial charge < -0.3 is 15.3 Å². The first-order valence-corrected chi connectivity index (χ1v) is 7.83. The summed E-state index contributed by atoms with van der Waals surface area (Å²) in [5, 5.41) is 11.1. The molecule has 1 rings (SSSR count). The highest BCUT2D eigenvalue weighted by Gasteiger charge is 2.13. The molecular formula is C17H24N2O4. The first-order valence-electron chi connectivity index (χ1n) is 7.83. The van der Waals surface area contributed by atoms with Crippen LogP contribution in [0.2, 0.25) is 0 Å². The quantitative estimate of drug-likeness (QED) is 0.644. The van der Waals surface area contributed by atoms with Crippen LogP contribution < -0.4 is 5.32 Å². The summed E-state index contributed by atoms with van der Waals surface area (Å²) < 4.78 is 0. The third kappa shape index (κ3) is 7.99. The van der Waals surface area contributed by atoms with Gasteiger partial charge in [0.05, 0.1) is 6.54 Å². The maximum absolute atomic E-state index is 12.1. The van der Waals surface area contributed by atoms with Crippen LogP contribution in [0.3, 0.4) is 0 Å². The minimum absolute atomic E-state index is 0.0293. The molecule has 0 unspecified atom stereocenters. The number of carboxylic acid groups (broad SMARTS) is 1. The van der Waals surface area contributed by atoms with Crippen molar-refractivity contribution >= 4 is 17.8 Å². The van der Waals surface area contributed by atoms with Crippen LogP contribution in [0.5, 0.6) is 0 Å². The molecule has 0 atom stereocenters. The van der Waals surface area contributed by atoms with E-state index in [1.807, 2.05) is 37.3 Å². The fourth-order valence-corrected chi connectivity index (χ4v) is 2.12. The van der Waals surface area contributed by atoms with Crippen molar-refractivity contribution in [1.29, 1.82) is 0 Å². The number of benzene rings is 1. The monoisotopic (exact) mass is 320 g/mol. The Hall–Kier alpha value is -2.37. The first-order chi connectivity index (χ1) is 11.0. The summed E-state index contributed by atoms with van der Waals surface area (Å²) in [6, 6.07) is 9.68. The van der Waals surface area contributed by atoms with Gasteiger partial charge in [0.1, 0.15) is 0 Å². The molecule has 0 bridgehead atoms. The number of likely N-dealkylation sites (N-methyl/N-ethyl adjacent to an activating group) is 1. The van der Waals surface area contributed by atoms with Gasteiger partial charge in [-0.15, -0.1) is 0 Å². The zero-order valence-electron chi connectivity index (χ0n) is 13.5. The molecule has 0 aliphatic rings. The average molecular weight is 320 g/mol. The topological polar surface area (TPSA) is 86.7 Å². The Balaban J connectivity index is 2.30. The number of nitrogens with zero attached hydrogens (tertiary/aromatic N) is 1. The molecule has 2 amide bonds. The van der Waals surface area contributed by atoms with Gasteiger partial charge in [-0.2, -0.15) is 0 Å². The van der Waals surface area contributed by atoms with E-state index in [0.29, 0.717) is 25.9 Å². The third-order valence-electron chi connectivity index (χ3n) is 3.43. The van der Waals surface area contributed by atoms with Crippen molar-refractivity contribution in [1.82, 2.24) is 10.2 Å². The molecule has 1 aromatic rings. The van der Waals surface area contributed by atoms with Gasteiger partial charge in [-0.1, -0.05) is 30.3 Å². The molecular weight excluding hydrogens is 296 g/mol. The second-order valence-corrected chi connectivity index (χ2v) is 5.27. The number of rotatable bonds is 10. The van der Waals surface area contributed by atoms with E-state index < -0.39 is 5.97 Å². The number of carboxylic acids is 1. The molecule has 6 heteroatoms. The molecule has 0 spiro atoms. The van der Waals surface area contributed by atoms with Gasteiger partial charge in [-0.3, -0.25) is 14.4 Å². The Kier molecular flexibility index (Phi) is 8.42. The van der Waals surface area contributed by atoms with E-state index in [9.17, 15) is 14.4 Å². The summed E-state index contributed by atoms with van der Waals surface area (Å²) in [5.74, 6) is -1.21. The van der Waals surface area contributed by atoms with Crippen molar-refractivity contribution < 1.29 is 19.5 Å². The van der Waals surface area contributed by atoms with Crippen molar-refractivity contribution in [3.63, 3.8) is 0 Å². The Morgan fingerprint density at radius 1 is 1.09 bits per heavy atom. The highest BCUT2D eigenvalue weighted by molar-refractivity contribution is 5.84. The van der Waals surface area contributed by atoms with Crippen LogP contribution in [0.15, 0.2) is 30.3 Å². The number of carbonyl (C=O) groups excluding carboxylic acids is 2. The van der Waals surface area contributed by atoms with Crippen molar-refractivity contribution in [3.05, 3.63) is 35.9 Å². The number of hydrogen-bond donors (Lipinski definition) is 2. The van der Waals surface area contributed by atoms with Crippen LogP contribution in [0.1, 0.15) is 38.2 Å². The molecule has 0 aliphatic carbocycles. The van der Waals surface area contributed by atoms with Crippen LogP contribution in [0.4, 0.5) is 0 Å². The van der Waals surface area contributed by atoms with E-state index in [0.717, 1.165) is 5.56 Å². The van der Waals surface area contributed by atoms with Gasteiger partial charge in [0.15, 0.2) is 0 Å². The molecule has 0 aliphatic heterocycles. The summed E-state index contributed by atoms with van der Waals surface area (Å²) in [6.45, 7) is 2.96. The maximum Gasteiger partial charge on any atom is 0.303 e. The normalized spacial score (nSPS) is 10.1. The maximum atomic E-state index is 12.1. The first kappa shape index (κ1) is 18.7. The predicted molar refractivity (Wildman–Crippen MR) is 86.6 cm³/mol. The molecule has 0 saturated heterocycles. The Morgan fingerprint density at radius 2 is 1.74 bits per heavy atom. The van der Waals surface area contributed by atoms with Gasteiger partial charge in [-0.25, -0.2) is 0 Å². The third-order valence-corrected chi connectivity index (χ3v) is 3.43. The van der Waals surface area contributed by atoms with Gasteiger partial charge in [0.25, 0.3) is 0 Å². The number of carbonyl (C=O) groups is 3. The van der Waals surface area contributed by atoms with Crippen LogP contribution >= 0.6 is 0 Å². The summed E-state index contributed by atoms with van der Waals surface area (Å²) in [5.41, 5.74) is 1.04. The van der Waals surface area contributed by atoms with E-state index in [1.165, 1.54) is 0 Å². The fraction of sp³-hybridized carbons (Fsp3) is 0.471. The molecule has 0 fully saturated rings. The molecule has 0 heterocycles. The number of aliphatic carboxylic acids is 1. The summed E-state index contributed by atoms with van der Waals surface area (Å²) in [7, 11) is 0. The minimum atomic E-state index is -0.861. The van der Waals surface area contributed by atoms with Crippen LogP contribution in [0, 0.1) is 0 Å². The van der Waals surface area contributed by atoms with Crippen LogP contribution in [-0.4, -0.2) is 40.9 Å². The van der Waals surface area contributed by atoms with Gasteiger partial charge in [0, 0.05) is 25.9 Å². The van der Waals surface area contributed by atoms with Crippen molar-refractivity contribution in [2.75, 3.05) is 13.1 Å². The Bertz CT molecular complexity index is 517. The molecule has 0 aromatic heterocycles. The standard InChI is InChI=1S/C17H24N2O4/c1-2-19(13-14-8-4-3-5-9-14)16(21)12-18-15(20)10-6-7-11-17(22)23/h3-5,8-9H,2,6-7,10-13H2,1H3,(H,18,20)(H,22,23). The lowest BCUT2D eigenvalue weighted by atomic mass is 10.2. The zero-order chi connectivity index (χ0) is 17.1. The second-order valence-electron chi connectivity index (χ2n) is 5.27. The SMILES string of the molecule is CCN(Cc1ccccc1)C(=O)CNC(=O)CCCCC(=O)O.